The summed E-state index contributed by atoms with van der Waals surface area (Å²) in [5.41, 5.74) is 2.24. The van der Waals surface area contributed by atoms with Gasteiger partial charge in [0.15, 0.2) is 0 Å². The minimum Gasteiger partial charge on any atom is -0.361 e. The number of anilines is 1. The number of allylic oxidation sites excluding steroid dienone is 1. The van der Waals surface area contributed by atoms with E-state index in [0.29, 0.717) is 6.54 Å². The molecule has 0 spiro atoms. The van der Waals surface area contributed by atoms with Crippen molar-refractivity contribution < 1.29 is 4.79 Å². The van der Waals surface area contributed by atoms with Crippen LogP contribution in [-0.4, -0.2) is 17.2 Å². The van der Waals surface area contributed by atoms with Crippen molar-refractivity contribution >= 4 is 22.6 Å². The van der Waals surface area contributed by atoms with E-state index in [4.69, 9.17) is 0 Å². The summed E-state index contributed by atoms with van der Waals surface area (Å²) in [6.45, 7) is 4.17. The molecule has 4 heteroatoms. The molecule has 1 atom stereocenters. The van der Waals surface area contributed by atoms with Gasteiger partial charge in [-0.1, -0.05) is 24.3 Å². The molecule has 0 aromatic heterocycles. The number of carbonyl (C=O) groups is 1. The van der Waals surface area contributed by atoms with Gasteiger partial charge in [0.25, 0.3) is 0 Å². The quantitative estimate of drug-likeness (QED) is 0.782. The van der Waals surface area contributed by atoms with Gasteiger partial charge in [0.2, 0.25) is 5.12 Å². The van der Waals surface area contributed by atoms with Crippen molar-refractivity contribution in [3.8, 4) is 0 Å². The first-order valence-electron chi connectivity index (χ1n) is 5.18. The van der Waals surface area contributed by atoms with Gasteiger partial charge in [-0.2, -0.15) is 0 Å². The Labute approximate surface area is 99.3 Å². The van der Waals surface area contributed by atoms with E-state index in [0.717, 1.165) is 12.1 Å². The average molecular weight is 234 g/mol. The smallest absolute Gasteiger partial charge is 0.206 e. The van der Waals surface area contributed by atoms with Gasteiger partial charge in [-0.15, -0.1) is 6.58 Å². The van der Waals surface area contributed by atoms with E-state index < -0.39 is 0 Å². The molecule has 1 aliphatic rings. The molecule has 0 amide bonds. The normalized spacial score (nSPS) is 19.8. The van der Waals surface area contributed by atoms with Crippen LogP contribution in [0.25, 0.3) is 0 Å². The predicted octanol–water partition coefficient (Wildman–Crippen LogP) is 1.97. The van der Waals surface area contributed by atoms with Crippen molar-refractivity contribution in [3.05, 3.63) is 42.5 Å². The predicted molar refractivity (Wildman–Crippen MR) is 68.4 cm³/mol. The highest BCUT2D eigenvalue weighted by Gasteiger charge is 2.22. The Bertz CT molecular complexity index is 406. The number of rotatable bonds is 4. The van der Waals surface area contributed by atoms with Crippen LogP contribution in [0, 0.1) is 0 Å². The number of hydrogen-bond acceptors (Lipinski definition) is 4. The summed E-state index contributed by atoms with van der Waals surface area (Å²) in [4.78, 5) is 11.1. The van der Waals surface area contributed by atoms with Crippen LogP contribution in [0.5, 0.6) is 0 Å². The van der Waals surface area contributed by atoms with Crippen molar-refractivity contribution in [2.75, 3.05) is 11.9 Å². The molecule has 1 unspecified atom stereocenters. The van der Waals surface area contributed by atoms with Crippen molar-refractivity contribution in [2.24, 2.45) is 0 Å². The maximum atomic E-state index is 11.1. The van der Waals surface area contributed by atoms with Crippen molar-refractivity contribution in [2.45, 2.75) is 11.9 Å². The third kappa shape index (κ3) is 2.65. The van der Waals surface area contributed by atoms with Crippen LogP contribution in [0.1, 0.15) is 5.56 Å². The van der Waals surface area contributed by atoms with E-state index in [1.807, 2.05) is 24.3 Å². The Hall–Kier alpha value is -1.26. The molecular weight excluding hydrogens is 220 g/mol. The third-order valence-corrected chi connectivity index (χ3v) is 3.28. The molecule has 0 aliphatic carbocycles. The number of benzene rings is 1. The summed E-state index contributed by atoms with van der Waals surface area (Å²) < 4.78 is 0. The van der Waals surface area contributed by atoms with Crippen molar-refractivity contribution in [1.82, 2.24) is 5.32 Å². The highest BCUT2D eigenvalue weighted by molar-refractivity contribution is 8.14. The van der Waals surface area contributed by atoms with Gasteiger partial charge >= 0.3 is 0 Å². The SMILES string of the molecule is C=CCc1ccccc1NC1NCC(=O)S1. The summed E-state index contributed by atoms with van der Waals surface area (Å²) in [5, 5.41) is 6.59. The molecule has 1 fully saturated rings. The Balaban J connectivity index is 2.08. The molecule has 84 valence electrons. The van der Waals surface area contributed by atoms with E-state index in [1.165, 1.54) is 17.3 Å². The van der Waals surface area contributed by atoms with Crippen molar-refractivity contribution in [3.63, 3.8) is 0 Å². The minimum absolute atomic E-state index is 0.0153. The molecule has 0 saturated carbocycles. The fourth-order valence-corrected chi connectivity index (χ4v) is 2.39. The maximum Gasteiger partial charge on any atom is 0.206 e. The molecule has 2 N–H and O–H groups in total. The van der Waals surface area contributed by atoms with Gasteiger partial charge in [-0.25, -0.2) is 0 Å². The molecule has 16 heavy (non-hydrogen) atoms. The Morgan fingerprint density at radius 3 is 3.06 bits per heavy atom. The molecule has 1 saturated heterocycles. The zero-order chi connectivity index (χ0) is 11.4. The lowest BCUT2D eigenvalue weighted by molar-refractivity contribution is -0.109. The third-order valence-electron chi connectivity index (χ3n) is 2.35. The number of nitrogens with one attached hydrogen (secondary N) is 2. The van der Waals surface area contributed by atoms with Crippen LogP contribution in [0.3, 0.4) is 0 Å². The van der Waals surface area contributed by atoms with Crippen molar-refractivity contribution in [1.29, 1.82) is 0 Å². The molecule has 3 nitrogen and oxygen atoms in total. The average Bonchev–Trinajstić information content (AvgIpc) is 2.67. The fourth-order valence-electron chi connectivity index (χ4n) is 1.61. The lowest BCUT2D eigenvalue weighted by atomic mass is 10.1. The van der Waals surface area contributed by atoms with Crippen LogP contribution in [-0.2, 0) is 11.2 Å². The molecule has 1 aromatic rings. The molecular formula is C12H14N2OS. The monoisotopic (exact) mass is 234 g/mol. The van der Waals surface area contributed by atoms with Crippen LogP contribution in [0.15, 0.2) is 36.9 Å². The second-order valence-electron chi connectivity index (χ2n) is 3.55. The van der Waals surface area contributed by atoms with Crippen LogP contribution in [0.4, 0.5) is 5.69 Å². The first kappa shape index (κ1) is 11.2. The topological polar surface area (TPSA) is 41.1 Å². The summed E-state index contributed by atoms with van der Waals surface area (Å²) in [7, 11) is 0. The highest BCUT2D eigenvalue weighted by Crippen LogP contribution is 2.22. The Kier molecular flexibility index (Phi) is 3.64. The number of hydrogen-bond donors (Lipinski definition) is 2. The van der Waals surface area contributed by atoms with E-state index in [2.05, 4.69) is 23.3 Å². The van der Waals surface area contributed by atoms with Gasteiger partial charge in [-0.05, 0) is 29.8 Å². The van der Waals surface area contributed by atoms with Crippen LogP contribution < -0.4 is 10.6 Å². The van der Waals surface area contributed by atoms with Gasteiger partial charge in [0, 0.05) is 5.69 Å². The van der Waals surface area contributed by atoms with E-state index >= 15 is 0 Å². The van der Waals surface area contributed by atoms with Crippen LogP contribution in [0.2, 0.25) is 0 Å². The standard InChI is InChI=1S/C12H14N2OS/c1-2-5-9-6-3-4-7-10(9)14-12-13-8-11(15)16-12/h2-4,6-7,12-14H,1,5,8H2. The van der Waals surface area contributed by atoms with Gasteiger partial charge in [0.05, 0.1) is 6.54 Å². The summed E-state index contributed by atoms with van der Waals surface area (Å²) in [6.07, 6.45) is 2.70. The summed E-state index contributed by atoms with van der Waals surface area (Å²) in [6, 6.07) is 8.07. The van der Waals surface area contributed by atoms with E-state index in [-0.39, 0.29) is 10.6 Å². The fraction of sp³-hybridized carbons (Fsp3) is 0.250. The zero-order valence-corrected chi connectivity index (χ0v) is 9.72. The molecule has 2 rings (SSSR count). The summed E-state index contributed by atoms with van der Waals surface area (Å²) in [5.74, 6) is 0. The molecule has 1 aliphatic heterocycles. The Morgan fingerprint density at radius 1 is 1.56 bits per heavy atom. The lowest BCUT2D eigenvalue weighted by Gasteiger charge is -2.15. The van der Waals surface area contributed by atoms with Gasteiger partial charge in [-0.3, -0.25) is 10.1 Å². The Morgan fingerprint density at radius 2 is 2.38 bits per heavy atom. The molecule has 0 radical (unpaired) electrons. The van der Waals surface area contributed by atoms with E-state index in [1.54, 1.807) is 0 Å². The number of carbonyl (C=O) groups excluding carboxylic acids is 1. The molecule has 0 bridgehead atoms. The van der Waals surface area contributed by atoms with E-state index in [9.17, 15) is 4.79 Å². The second kappa shape index (κ2) is 5.18. The molecule has 1 aromatic carbocycles. The first-order valence-corrected chi connectivity index (χ1v) is 6.06. The first-order chi connectivity index (χ1) is 7.79. The minimum atomic E-state index is -0.0153. The molecule has 1 heterocycles. The zero-order valence-electron chi connectivity index (χ0n) is 8.90. The van der Waals surface area contributed by atoms with Crippen LogP contribution >= 0.6 is 11.8 Å². The maximum absolute atomic E-state index is 11.1. The number of para-hydroxylation sites is 1. The lowest BCUT2D eigenvalue weighted by Crippen LogP contribution is -2.28. The highest BCUT2D eigenvalue weighted by atomic mass is 32.2. The summed E-state index contributed by atoms with van der Waals surface area (Å²) >= 11 is 1.30. The number of thioether (sulfide) groups is 1. The second-order valence-corrected chi connectivity index (χ2v) is 4.71. The van der Waals surface area contributed by atoms with Gasteiger partial charge in [0.1, 0.15) is 5.50 Å². The van der Waals surface area contributed by atoms with Gasteiger partial charge < -0.3 is 5.32 Å². The largest absolute Gasteiger partial charge is 0.361 e.